The lowest BCUT2D eigenvalue weighted by atomic mass is 10.2. The Hall–Kier alpha value is -2.76. The first kappa shape index (κ1) is 11.3. The Bertz CT molecular complexity index is 854. The topological polar surface area (TPSA) is 87.7 Å². The van der Waals surface area contributed by atoms with E-state index in [4.69, 9.17) is 0 Å². The van der Waals surface area contributed by atoms with Crippen LogP contribution in [-0.4, -0.2) is 20.9 Å². The van der Waals surface area contributed by atoms with Crippen molar-refractivity contribution in [3.8, 4) is 0 Å². The number of rotatable bonds is 1. The molecule has 0 saturated heterocycles. The molecule has 0 aromatic carbocycles. The Balaban J connectivity index is 2.33. The molecule has 0 unspecified atom stereocenters. The highest BCUT2D eigenvalue weighted by molar-refractivity contribution is 5.93. The summed E-state index contributed by atoms with van der Waals surface area (Å²) in [6, 6.07) is 5.01. The van der Waals surface area contributed by atoms with Crippen LogP contribution in [0, 0.1) is 0 Å². The van der Waals surface area contributed by atoms with E-state index in [9.17, 15) is 9.59 Å². The molecule has 0 aliphatic rings. The van der Waals surface area contributed by atoms with E-state index in [-0.39, 0.29) is 11.3 Å². The normalized spacial score (nSPS) is 10.8. The summed E-state index contributed by atoms with van der Waals surface area (Å²) in [7, 11) is 0. The van der Waals surface area contributed by atoms with Gasteiger partial charge in [0.05, 0.1) is 22.7 Å². The number of H-pyrrole nitrogens is 1. The molecule has 3 aromatic heterocycles. The van der Waals surface area contributed by atoms with Crippen molar-refractivity contribution in [1.82, 2.24) is 15.0 Å². The maximum Gasteiger partial charge on any atom is 0.221 e. The first-order valence-corrected chi connectivity index (χ1v) is 5.69. The highest BCUT2D eigenvalue weighted by atomic mass is 16.1. The Kier molecular flexibility index (Phi) is 2.49. The molecule has 3 aromatic rings. The second kappa shape index (κ2) is 4.16. The van der Waals surface area contributed by atoms with Crippen molar-refractivity contribution < 1.29 is 4.79 Å². The maximum absolute atomic E-state index is 12.3. The SMILES string of the molecule is CC(=O)Nc1cnc2[nH]c3ncccc3c(=O)c2c1. The van der Waals surface area contributed by atoms with Gasteiger partial charge in [0.2, 0.25) is 11.3 Å². The van der Waals surface area contributed by atoms with Crippen LogP contribution < -0.4 is 10.7 Å². The number of nitrogens with one attached hydrogen (secondary N) is 2. The van der Waals surface area contributed by atoms with E-state index in [2.05, 4.69) is 20.3 Å². The highest BCUT2D eigenvalue weighted by Crippen LogP contribution is 2.14. The van der Waals surface area contributed by atoms with Crippen molar-refractivity contribution in [2.24, 2.45) is 0 Å². The van der Waals surface area contributed by atoms with Gasteiger partial charge in [0, 0.05) is 13.1 Å². The Morgan fingerprint density at radius 2 is 2.05 bits per heavy atom. The average Bonchev–Trinajstić information content (AvgIpc) is 2.39. The Morgan fingerprint density at radius 3 is 2.84 bits per heavy atom. The third kappa shape index (κ3) is 1.93. The molecule has 3 heterocycles. The van der Waals surface area contributed by atoms with Gasteiger partial charge in [-0.2, -0.15) is 0 Å². The van der Waals surface area contributed by atoms with Gasteiger partial charge in [-0.25, -0.2) is 9.97 Å². The minimum absolute atomic E-state index is 0.156. The molecule has 94 valence electrons. The minimum Gasteiger partial charge on any atom is -0.325 e. The fourth-order valence-corrected chi connectivity index (χ4v) is 1.95. The summed E-state index contributed by atoms with van der Waals surface area (Å²) in [5.41, 5.74) is 1.29. The predicted octanol–water partition coefficient (Wildman–Crippen LogP) is 1.43. The zero-order valence-electron chi connectivity index (χ0n) is 10.1. The summed E-state index contributed by atoms with van der Waals surface area (Å²) in [5, 5.41) is 3.52. The van der Waals surface area contributed by atoms with Crippen LogP contribution in [-0.2, 0) is 4.79 Å². The van der Waals surface area contributed by atoms with Crippen LogP contribution in [0.1, 0.15) is 6.92 Å². The standard InChI is InChI=1S/C13H10N4O2/c1-7(18)16-8-5-10-11(19)9-3-2-4-14-12(9)17-13(10)15-6-8/h2-6H,1H3,(H,16,18)(H,14,15,17,19). The van der Waals surface area contributed by atoms with Gasteiger partial charge < -0.3 is 10.3 Å². The molecule has 0 radical (unpaired) electrons. The number of aromatic amines is 1. The molecule has 0 fully saturated rings. The molecule has 6 nitrogen and oxygen atoms in total. The third-order valence-electron chi connectivity index (χ3n) is 2.74. The van der Waals surface area contributed by atoms with Gasteiger partial charge in [-0.05, 0) is 18.2 Å². The Labute approximate surface area is 107 Å². The second-order valence-corrected chi connectivity index (χ2v) is 4.16. The molecule has 0 aliphatic heterocycles. The van der Waals surface area contributed by atoms with Crippen molar-refractivity contribution in [2.45, 2.75) is 6.92 Å². The molecule has 6 heteroatoms. The molecule has 0 aliphatic carbocycles. The molecule has 19 heavy (non-hydrogen) atoms. The molecule has 1 amide bonds. The third-order valence-corrected chi connectivity index (χ3v) is 2.74. The maximum atomic E-state index is 12.3. The number of hydrogen-bond acceptors (Lipinski definition) is 4. The number of fused-ring (bicyclic) bond motifs is 2. The molecule has 2 N–H and O–H groups in total. The zero-order chi connectivity index (χ0) is 13.4. The van der Waals surface area contributed by atoms with Crippen molar-refractivity contribution in [3.63, 3.8) is 0 Å². The molecule has 3 rings (SSSR count). The fourth-order valence-electron chi connectivity index (χ4n) is 1.95. The van der Waals surface area contributed by atoms with Gasteiger partial charge in [-0.1, -0.05) is 0 Å². The molecule has 0 atom stereocenters. The van der Waals surface area contributed by atoms with E-state index >= 15 is 0 Å². The molecular weight excluding hydrogens is 244 g/mol. The summed E-state index contributed by atoms with van der Waals surface area (Å²) in [5.74, 6) is -0.208. The summed E-state index contributed by atoms with van der Waals surface area (Å²) >= 11 is 0. The predicted molar refractivity (Wildman–Crippen MR) is 72.0 cm³/mol. The van der Waals surface area contributed by atoms with Gasteiger partial charge >= 0.3 is 0 Å². The highest BCUT2D eigenvalue weighted by Gasteiger charge is 2.08. The summed E-state index contributed by atoms with van der Waals surface area (Å²) < 4.78 is 0. The number of nitrogens with zero attached hydrogens (tertiary/aromatic N) is 2. The monoisotopic (exact) mass is 254 g/mol. The van der Waals surface area contributed by atoms with Crippen LogP contribution in [0.15, 0.2) is 35.4 Å². The van der Waals surface area contributed by atoms with Crippen LogP contribution in [0.2, 0.25) is 0 Å². The van der Waals surface area contributed by atoms with E-state index in [0.29, 0.717) is 27.8 Å². The number of carbonyl (C=O) groups excluding carboxylic acids is 1. The van der Waals surface area contributed by atoms with Crippen LogP contribution in [0.25, 0.3) is 22.1 Å². The van der Waals surface area contributed by atoms with Crippen molar-refractivity contribution in [3.05, 3.63) is 40.8 Å². The number of pyridine rings is 3. The van der Waals surface area contributed by atoms with Crippen molar-refractivity contribution in [2.75, 3.05) is 5.32 Å². The lowest BCUT2D eigenvalue weighted by molar-refractivity contribution is -0.114. The smallest absolute Gasteiger partial charge is 0.221 e. The number of anilines is 1. The van der Waals surface area contributed by atoms with E-state index in [1.54, 1.807) is 24.4 Å². The van der Waals surface area contributed by atoms with Gasteiger partial charge in [0.15, 0.2) is 0 Å². The number of hydrogen-bond donors (Lipinski definition) is 2. The summed E-state index contributed by atoms with van der Waals surface area (Å²) in [6.45, 7) is 1.40. The number of carbonyl (C=O) groups is 1. The summed E-state index contributed by atoms with van der Waals surface area (Å²) in [4.78, 5) is 34.6. The number of amides is 1. The first-order valence-electron chi connectivity index (χ1n) is 5.69. The van der Waals surface area contributed by atoms with Gasteiger partial charge in [0.25, 0.3) is 0 Å². The van der Waals surface area contributed by atoms with Crippen molar-refractivity contribution >= 4 is 33.7 Å². The lowest BCUT2D eigenvalue weighted by Gasteiger charge is -2.04. The first-order chi connectivity index (χ1) is 9.15. The van der Waals surface area contributed by atoms with Crippen LogP contribution in [0.4, 0.5) is 5.69 Å². The average molecular weight is 254 g/mol. The molecule has 0 spiro atoms. The number of aromatic nitrogens is 3. The zero-order valence-corrected chi connectivity index (χ0v) is 10.1. The molecule has 0 saturated carbocycles. The lowest BCUT2D eigenvalue weighted by Crippen LogP contribution is -2.09. The van der Waals surface area contributed by atoms with Gasteiger partial charge in [0.1, 0.15) is 11.3 Å². The largest absolute Gasteiger partial charge is 0.325 e. The van der Waals surface area contributed by atoms with E-state index in [1.807, 2.05) is 0 Å². The van der Waals surface area contributed by atoms with Crippen LogP contribution in [0.3, 0.4) is 0 Å². The van der Waals surface area contributed by atoms with Gasteiger partial charge in [-0.3, -0.25) is 9.59 Å². The molecule has 0 bridgehead atoms. The fraction of sp³-hybridized carbons (Fsp3) is 0.0769. The van der Waals surface area contributed by atoms with Crippen LogP contribution in [0.5, 0.6) is 0 Å². The molecular formula is C13H10N4O2. The quantitative estimate of drug-likeness (QED) is 0.643. The Morgan fingerprint density at radius 1 is 1.26 bits per heavy atom. The van der Waals surface area contributed by atoms with E-state index < -0.39 is 0 Å². The minimum atomic E-state index is -0.208. The van der Waals surface area contributed by atoms with Crippen molar-refractivity contribution in [1.29, 1.82) is 0 Å². The summed E-state index contributed by atoms with van der Waals surface area (Å²) in [6.07, 6.45) is 3.10. The van der Waals surface area contributed by atoms with Gasteiger partial charge in [-0.15, -0.1) is 0 Å². The van der Waals surface area contributed by atoms with E-state index in [1.165, 1.54) is 13.1 Å². The van der Waals surface area contributed by atoms with E-state index in [0.717, 1.165) is 0 Å². The second-order valence-electron chi connectivity index (χ2n) is 4.16. The van der Waals surface area contributed by atoms with Crippen LogP contribution >= 0.6 is 0 Å².